The van der Waals surface area contributed by atoms with Gasteiger partial charge < -0.3 is 10.4 Å². The Bertz CT molecular complexity index is 452. The molecule has 110 valence electrons. The Morgan fingerprint density at radius 2 is 2.15 bits per heavy atom. The van der Waals surface area contributed by atoms with Crippen LogP contribution < -0.4 is 5.32 Å². The number of carbonyl (C=O) groups is 2. The molecule has 0 heterocycles. The largest absolute Gasteiger partial charge is 0.481 e. The first-order chi connectivity index (χ1) is 9.61. The van der Waals surface area contributed by atoms with E-state index in [2.05, 4.69) is 5.32 Å². The number of carbonyl (C=O) groups excluding carboxylic acids is 1. The molecule has 0 spiro atoms. The lowest BCUT2D eigenvalue weighted by Crippen LogP contribution is -2.11. The van der Waals surface area contributed by atoms with Crippen molar-refractivity contribution in [3.63, 3.8) is 0 Å². The van der Waals surface area contributed by atoms with E-state index in [9.17, 15) is 9.59 Å². The second-order valence-corrected chi connectivity index (χ2v) is 6.20. The van der Waals surface area contributed by atoms with Crippen molar-refractivity contribution in [2.75, 3.05) is 23.1 Å². The van der Waals surface area contributed by atoms with Crippen molar-refractivity contribution >= 4 is 41.1 Å². The average molecular weight is 313 g/mol. The Labute approximate surface area is 127 Å². The van der Waals surface area contributed by atoms with Gasteiger partial charge in [0.15, 0.2) is 0 Å². The topological polar surface area (TPSA) is 66.4 Å². The van der Waals surface area contributed by atoms with Gasteiger partial charge in [0.05, 0.1) is 5.75 Å². The smallest absolute Gasteiger partial charge is 0.313 e. The summed E-state index contributed by atoms with van der Waals surface area (Å²) in [4.78, 5) is 22.1. The maximum absolute atomic E-state index is 11.7. The van der Waals surface area contributed by atoms with Gasteiger partial charge in [-0.05, 0) is 36.1 Å². The molecule has 0 unspecified atom stereocenters. The van der Waals surface area contributed by atoms with Crippen molar-refractivity contribution in [3.05, 3.63) is 29.8 Å². The number of carboxylic acids is 1. The molecule has 0 aliphatic carbocycles. The van der Waals surface area contributed by atoms with E-state index in [1.54, 1.807) is 11.8 Å². The minimum Gasteiger partial charge on any atom is -0.481 e. The number of nitrogens with one attached hydrogen (secondary N) is 1. The lowest BCUT2D eigenvalue weighted by atomic mass is 10.2. The summed E-state index contributed by atoms with van der Waals surface area (Å²) in [6, 6.07) is 7.53. The molecule has 4 nitrogen and oxygen atoms in total. The SMILES string of the molecule is CSCCCC(=O)Nc1cccc(CSCC(=O)O)c1. The summed E-state index contributed by atoms with van der Waals surface area (Å²) in [6.45, 7) is 0. The summed E-state index contributed by atoms with van der Waals surface area (Å²) in [5.74, 6) is 0.912. The minimum absolute atomic E-state index is 0.0226. The van der Waals surface area contributed by atoms with Gasteiger partial charge in [-0.25, -0.2) is 0 Å². The third kappa shape index (κ3) is 7.45. The van der Waals surface area contributed by atoms with Crippen LogP contribution in [0.25, 0.3) is 0 Å². The number of hydrogen-bond acceptors (Lipinski definition) is 4. The van der Waals surface area contributed by atoms with Gasteiger partial charge in [0.2, 0.25) is 5.91 Å². The zero-order chi connectivity index (χ0) is 14.8. The van der Waals surface area contributed by atoms with Crippen LogP contribution in [0.2, 0.25) is 0 Å². The quantitative estimate of drug-likeness (QED) is 0.686. The van der Waals surface area contributed by atoms with Gasteiger partial charge >= 0.3 is 5.97 Å². The standard InChI is InChI=1S/C14H19NO3S2/c1-19-7-3-6-13(16)15-12-5-2-4-11(8-12)9-20-10-14(17)18/h2,4-5,8H,3,6-7,9-10H2,1H3,(H,15,16)(H,17,18). The maximum Gasteiger partial charge on any atom is 0.313 e. The van der Waals surface area contributed by atoms with Crippen molar-refractivity contribution in [3.8, 4) is 0 Å². The van der Waals surface area contributed by atoms with Crippen LogP contribution in [0.5, 0.6) is 0 Å². The van der Waals surface area contributed by atoms with E-state index in [-0.39, 0.29) is 11.7 Å². The number of amides is 1. The maximum atomic E-state index is 11.7. The minimum atomic E-state index is -0.812. The van der Waals surface area contributed by atoms with Crippen molar-refractivity contribution in [2.45, 2.75) is 18.6 Å². The van der Waals surface area contributed by atoms with Crippen molar-refractivity contribution in [1.29, 1.82) is 0 Å². The van der Waals surface area contributed by atoms with E-state index in [1.165, 1.54) is 11.8 Å². The van der Waals surface area contributed by atoms with Crippen LogP contribution in [-0.2, 0) is 15.3 Å². The highest BCUT2D eigenvalue weighted by Gasteiger charge is 2.03. The van der Waals surface area contributed by atoms with Gasteiger partial charge in [-0.3, -0.25) is 9.59 Å². The predicted molar refractivity (Wildman–Crippen MR) is 86.5 cm³/mol. The molecule has 0 fully saturated rings. The van der Waals surface area contributed by atoms with E-state index in [1.807, 2.05) is 30.5 Å². The van der Waals surface area contributed by atoms with E-state index >= 15 is 0 Å². The highest BCUT2D eigenvalue weighted by atomic mass is 32.2. The highest BCUT2D eigenvalue weighted by molar-refractivity contribution is 7.99. The molecule has 20 heavy (non-hydrogen) atoms. The highest BCUT2D eigenvalue weighted by Crippen LogP contribution is 2.17. The average Bonchev–Trinajstić information content (AvgIpc) is 2.39. The summed E-state index contributed by atoms with van der Waals surface area (Å²) < 4.78 is 0. The predicted octanol–water partition coefficient (Wildman–Crippen LogP) is 3.09. The molecule has 0 radical (unpaired) electrons. The van der Waals surface area contributed by atoms with Crippen LogP contribution in [0.15, 0.2) is 24.3 Å². The first-order valence-electron chi connectivity index (χ1n) is 6.29. The molecule has 2 N–H and O–H groups in total. The van der Waals surface area contributed by atoms with Crippen LogP contribution in [-0.4, -0.2) is 34.7 Å². The third-order valence-electron chi connectivity index (χ3n) is 2.46. The molecule has 0 aliphatic rings. The summed E-state index contributed by atoms with van der Waals surface area (Å²) in [7, 11) is 0. The van der Waals surface area contributed by atoms with Gasteiger partial charge in [-0.15, -0.1) is 11.8 Å². The summed E-state index contributed by atoms with van der Waals surface area (Å²) in [5.41, 5.74) is 1.78. The second-order valence-electron chi connectivity index (χ2n) is 4.23. The Hall–Kier alpha value is -1.14. The van der Waals surface area contributed by atoms with Crippen LogP contribution in [0.4, 0.5) is 5.69 Å². The normalized spacial score (nSPS) is 10.2. The van der Waals surface area contributed by atoms with Crippen LogP contribution in [0, 0.1) is 0 Å². The first kappa shape index (κ1) is 16.9. The van der Waals surface area contributed by atoms with E-state index in [0.717, 1.165) is 23.4 Å². The van der Waals surface area contributed by atoms with Gasteiger partial charge in [0.1, 0.15) is 0 Å². The fourth-order valence-electron chi connectivity index (χ4n) is 1.60. The van der Waals surface area contributed by atoms with Crippen molar-refractivity contribution < 1.29 is 14.7 Å². The summed E-state index contributed by atoms with van der Waals surface area (Å²) >= 11 is 3.08. The molecule has 0 aliphatic heterocycles. The summed E-state index contributed by atoms with van der Waals surface area (Å²) in [6.07, 6.45) is 3.43. The van der Waals surface area contributed by atoms with Crippen molar-refractivity contribution in [2.24, 2.45) is 0 Å². The zero-order valence-corrected chi connectivity index (χ0v) is 13.1. The number of benzene rings is 1. The molecule has 0 saturated heterocycles. The molecule has 1 aromatic carbocycles. The lowest BCUT2D eigenvalue weighted by Gasteiger charge is -2.07. The number of hydrogen-bond donors (Lipinski definition) is 2. The van der Waals surface area contributed by atoms with Crippen LogP contribution >= 0.6 is 23.5 Å². The Morgan fingerprint density at radius 1 is 1.35 bits per heavy atom. The molecule has 0 bridgehead atoms. The summed E-state index contributed by atoms with van der Waals surface area (Å²) in [5, 5.41) is 11.5. The van der Waals surface area contributed by atoms with Gasteiger partial charge in [0, 0.05) is 17.9 Å². The second kappa shape index (κ2) is 9.72. The molecule has 1 amide bonds. The number of aliphatic carboxylic acids is 1. The molecule has 6 heteroatoms. The Morgan fingerprint density at radius 3 is 2.85 bits per heavy atom. The van der Waals surface area contributed by atoms with Gasteiger partial charge in [-0.1, -0.05) is 12.1 Å². The van der Waals surface area contributed by atoms with E-state index in [0.29, 0.717) is 12.2 Å². The number of rotatable bonds is 9. The lowest BCUT2D eigenvalue weighted by molar-refractivity contribution is -0.133. The monoisotopic (exact) mass is 313 g/mol. The molecule has 1 aromatic rings. The molecule has 0 aromatic heterocycles. The third-order valence-corrected chi connectivity index (χ3v) is 4.14. The molecular weight excluding hydrogens is 294 g/mol. The number of anilines is 1. The van der Waals surface area contributed by atoms with Gasteiger partial charge in [0.25, 0.3) is 0 Å². The molecular formula is C14H19NO3S2. The fourth-order valence-corrected chi connectivity index (χ4v) is 2.72. The molecule has 1 rings (SSSR count). The van der Waals surface area contributed by atoms with E-state index < -0.39 is 5.97 Å². The van der Waals surface area contributed by atoms with Crippen LogP contribution in [0.1, 0.15) is 18.4 Å². The molecule has 0 atom stereocenters. The number of thioether (sulfide) groups is 2. The van der Waals surface area contributed by atoms with Crippen LogP contribution in [0.3, 0.4) is 0 Å². The molecule has 0 saturated carbocycles. The van der Waals surface area contributed by atoms with E-state index in [4.69, 9.17) is 5.11 Å². The Balaban J connectivity index is 2.42. The number of carboxylic acid groups (broad SMARTS) is 1. The fraction of sp³-hybridized carbons (Fsp3) is 0.429. The zero-order valence-electron chi connectivity index (χ0n) is 11.4. The van der Waals surface area contributed by atoms with Crippen molar-refractivity contribution in [1.82, 2.24) is 0 Å². The van der Waals surface area contributed by atoms with Gasteiger partial charge in [-0.2, -0.15) is 11.8 Å². The Kier molecular flexibility index (Phi) is 8.22. The first-order valence-corrected chi connectivity index (χ1v) is 8.84.